The smallest absolute Gasteiger partial charge is 0.267 e. The number of halogens is 1. The van der Waals surface area contributed by atoms with E-state index in [-0.39, 0.29) is 24.4 Å². The number of aromatic nitrogens is 1. The van der Waals surface area contributed by atoms with E-state index in [0.717, 1.165) is 12.0 Å². The maximum atomic E-state index is 12.5. The van der Waals surface area contributed by atoms with Gasteiger partial charge in [-0.05, 0) is 42.3 Å². The molecule has 0 aliphatic carbocycles. The molecule has 142 valence electrons. The quantitative estimate of drug-likeness (QED) is 0.415. The minimum absolute atomic E-state index is 0. The second-order valence-corrected chi connectivity index (χ2v) is 6.03. The summed E-state index contributed by atoms with van der Waals surface area (Å²) in [5.41, 5.74) is 2.97. The number of nitrogens with one attached hydrogen (secondary N) is 2. The Balaban J connectivity index is 0.00000261. The molecule has 1 saturated heterocycles. The van der Waals surface area contributed by atoms with Crippen molar-refractivity contribution >= 4 is 36.1 Å². The number of nitrogens with zero attached hydrogens (tertiary/aromatic N) is 2. The van der Waals surface area contributed by atoms with Gasteiger partial charge in [0.05, 0.1) is 0 Å². The van der Waals surface area contributed by atoms with Gasteiger partial charge in [0.15, 0.2) is 0 Å². The zero-order valence-electron chi connectivity index (χ0n) is 14.5. The highest BCUT2D eigenvalue weighted by molar-refractivity contribution is 5.94. The van der Waals surface area contributed by atoms with E-state index in [1.807, 2.05) is 47.4 Å². The summed E-state index contributed by atoms with van der Waals surface area (Å²) in [6.07, 6.45) is 5.26. The lowest BCUT2D eigenvalue weighted by Gasteiger charge is -2.17. The van der Waals surface area contributed by atoms with Crippen LogP contribution in [0.2, 0.25) is 0 Å². The molecule has 2 aromatic rings. The molecule has 27 heavy (non-hydrogen) atoms. The maximum Gasteiger partial charge on any atom is 0.267 e. The van der Waals surface area contributed by atoms with Crippen molar-refractivity contribution in [2.45, 2.75) is 12.5 Å². The fourth-order valence-corrected chi connectivity index (χ4v) is 2.83. The molecular weight excluding hydrogens is 368 g/mol. The van der Waals surface area contributed by atoms with E-state index in [1.165, 1.54) is 11.6 Å². The van der Waals surface area contributed by atoms with Gasteiger partial charge in [0.25, 0.3) is 11.8 Å². The number of rotatable bonds is 5. The number of likely N-dealkylation sites (tertiary alicyclic amines) is 1. The summed E-state index contributed by atoms with van der Waals surface area (Å²) in [5, 5.41) is 11.8. The first-order chi connectivity index (χ1) is 12.7. The molecule has 1 atom stereocenters. The van der Waals surface area contributed by atoms with Crippen LogP contribution in [0.15, 0.2) is 54.7 Å². The number of carbonyl (C=O) groups is 2. The van der Waals surface area contributed by atoms with Crippen molar-refractivity contribution in [3.05, 3.63) is 65.9 Å². The molecular formula is C19H21ClN4O3. The van der Waals surface area contributed by atoms with Crippen LogP contribution in [0.1, 0.15) is 22.3 Å². The fourth-order valence-electron chi connectivity index (χ4n) is 2.83. The van der Waals surface area contributed by atoms with E-state index in [4.69, 9.17) is 5.21 Å². The summed E-state index contributed by atoms with van der Waals surface area (Å²) in [6, 6.07) is 13.1. The van der Waals surface area contributed by atoms with Crippen molar-refractivity contribution in [1.82, 2.24) is 15.4 Å². The van der Waals surface area contributed by atoms with Crippen LogP contribution in [0, 0.1) is 0 Å². The van der Waals surface area contributed by atoms with Gasteiger partial charge in [0.1, 0.15) is 5.82 Å². The molecule has 7 nitrogen and oxygen atoms in total. The topological polar surface area (TPSA) is 94.6 Å². The number of benzene rings is 1. The first-order valence-corrected chi connectivity index (χ1v) is 8.35. The van der Waals surface area contributed by atoms with Crippen molar-refractivity contribution in [3.63, 3.8) is 0 Å². The third kappa shape index (κ3) is 5.54. The number of hydroxylamine groups is 1. The Morgan fingerprint density at radius 3 is 2.63 bits per heavy atom. The number of hydrogen-bond donors (Lipinski definition) is 3. The number of pyridine rings is 1. The zero-order chi connectivity index (χ0) is 18.4. The third-order valence-corrected chi connectivity index (χ3v) is 4.17. The number of hydrogen-bond acceptors (Lipinski definition) is 5. The molecule has 0 unspecified atom stereocenters. The average Bonchev–Trinajstić information content (AvgIpc) is 3.15. The number of anilines is 1. The van der Waals surface area contributed by atoms with Gasteiger partial charge in [-0.1, -0.05) is 18.2 Å². The monoisotopic (exact) mass is 388 g/mol. The lowest BCUT2D eigenvalue weighted by molar-refractivity contribution is -0.124. The summed E-state index contributed by atoms with van der Waals surface area (Å²) in [5.74, 6) is 0.166. The zero-order valence-corrected chi connectivity index (χ0v) is 15.4. The second kappa shape index (κ2) is 9.70. The van der Waals surface area contributed by atoms with Crippen LogP contribution < -0.4 is 10.8 Å². The Morgan fingerprint density at radius 1 is 1.19 bits per heavy atom. The number of carbonyl (C=O) groups excluding carboxylic acids is 2. The maximum absolute atomic E-state index is 12.5. The molecule has 1 aromatic heterocycles. The van der Waals surface area contributed by atoms with Gasteiger partial charge in [-0.3, -0.25) is 14.8 Å². The molecule has 0 saturated carbocycles. The molecule has 3 rings (SSSR count). The van der Waals surface area contributed by atoms with Gasteiger partial charge in [-0.15, -0.1) is 12.4 Å². The average molecular weight is 389 g/mol. The lowest BCUT2D eigenvalue weighted by Crippen LogP contribution is -2.31. The van der Waals surface area contributed by atoms with E-state index in [1.54, 1.807) is 12.3 Å². The van der Waals surface area contributed by atoms with Crippen molar-refractivity contribution in [2.75, 3.05) is 18.4 Å². The largest absolute Gasteiger partial charge is 0.365 e. The van der Waals surface area contributed by atoms with Crippen molar-refractivity contribution < 1.29 is 14.8 Å². The Kier molecular flexibility index (Phi) is 7.34. The van der Waals surface area contributed by atoms with Crippen LogP contribution in [-0.2, 0) is 4.79 Å². The summed E-state index contributed by atoms with van der Waals surface area (Å²) >= 11 is 0. The summed E-state index contributed by atoms with van der Waals surface area (Å²) in [7, 11) is 0. The van der Waals surface area contributed by atoms with Gasteiger partial charge in [0.2, 0.25) is 0 Å². The Bertz CT molecular complexity index is 796. The molecule has 8 heteroatoms. The normalized spacial score (nSPS) is 16.0. The highest BCUT2D eigenvalue weighted by Gasteiger charge is 2.26. The molecule has 2 heterocycles. The second-order valence-electron chi connectivity index (χ2n) is 6.03. The Labute approximate surface area is 163 Å². The SMILES string of the molecule is Cl.O=C(/C=C/c1ccc(N[C@@H]2CCN(C(=O)c3ccccc3)C2)nc1)NO. The first-order valence-electron chi connectivity index (χ1n) is 8.35. The molecule has 1 fully saturated rings. The van der Waals surface area contributed by atoms with Crippen LogP contribution in [0.5, 0.6) is 0 Å². The van der Waals surface area contributed by atoms with Gasteiger partial charge in [-0.2, -0.15) is 0 Å². The van der Waals surface area contributed by atoms with Crippen LogP contribution in [0.25, 0.3) is 6.08 Å². The van der Waals surface area contributed by atoms with Gasteiger partial charge in [0, 0.05) is 37.0 Å². The highest BCUT2D eigenvalue weighted by atomic mass is 35.5. The molecule has 1 aliphatic heterocycles. The molecule has 1 aliphatic rings. The van der Waals surface area contributed by atoms with Crippen LogP contribution >= 0.6 is 12.4 Å². The van der Waals surface area contributed by atoms with Crippen molar-refractivity contribution in [2.24, 2.45) is 0 Å². The molecule has 1 aromatic carbocycles. The molecule has 0 bridgehead atoms. The Morgan fingerprint density at radius 2 is 1.96 bits per heavy atom. The van der Waals surface area contributed by atoms with Crippen LogP contribution in [0.3, 0.4) is 0 Å². The molecule has 3 N–H and O–H groups in total. The van der Waals surface area contributed by atoms with Gasteiger partial charge in [-0.25, -0.2) is 10.5 Å². The van der Waals surface area contributed by atoms with Crippen LogP contribution in [0.4, 0.5) is 5.82 Å². The molecule has 2 amide bonds. The first kappa shape index (κ1) is 20.4. The summed E-state index contributed by atoms with van der Waals surface area (Å²) in [4.78, 5) is 29.6. The predicted octanol–water partition coefficient (Wildman–Crippen LogP) is 2.35. The fraction of sp³-hybridized carbons (Fsp3) is 0.211. The highest BCUT2D eigenvalue weighted by Crippen LogP contribution is 2.17. The van der Waals surface area contributed by atoms with E-state index >= 15 is 0 Å². The van der Waals surface area contributed by atoms with E-state index in [0.29, 0.717) is 24.5 Å². The number of amides is 2. The van der Waals surface area contributed by atoms with Crippen LogP contribution in [-0.4, -0.2) is 46.0 Å². The lowest BCUT2D eigenvalue weighted by atomic mass is 10.2. The Hall–Kier alpha value is -2.90. The summed E-state index contributed by atoms with van der Waals surface area (Å²) < 4.78 is 0. The standard InChI is InChI=1S/C19H20N4O3.ClH/c24-18(22-26)9-7-14-6-8-17(20-12-14)21-16-10-11-23(13-16)19(25)15-4-2-1-3-5-15;/h1-9,12,16,26H,10-11,13H2,(H,20,21)(H,22,24);1H/b9-7+;/t16-;/m1./s1. The van der Waals surface area contributed by atoms with Crippen molar-refractivity contribution in [3.8, 4) is 0 Å². The van der Waals surface area contributed by atoms with Gasteiger partial charge < -0.3 is 10.2 Å². The van der Waals surface area contributed by atoms with E-state index in [9.17, 15) is 9.59 Å². The van der Waals surface area contributed by atoms with E-state index < -0.39 is 5.91 Å². The van der Waals surface area contributed by atoms with Crippen molar-refractivity contribution in [1.29, 1.82) is 0 Å². The molecule has 0 spiro atoms. The minimum Gasteiger partial charge on any atom is -0.365 e. The van der Waals surface area contributed by atoms with Gasteiger partial charge >= 0.3 is 0 Å². The van der Waals surface area contributed by atoms with E-state index in [2.05, 4.69) is 10.3 Å². The predicted molar refractivity (Wildman–Crippen MR) is 105 cm³/mol. The minimum atomic E-state index is -0.596. The molecule has 0 radical (unpaired) electrons. The summed E-state index contributed by atoms with van der Waals surface area (Å²) in [6.45, 7) is 1.34. The third-order valence-electron chi connectivity index (χ3n) is 4.17.